The van der Waals surface area contributed by atoms with E-state index in [1.54, 1.807) is 11.0 Å². The van der Waals surface area contributed by atoms with E-state index in [1.807, 2.05) is 11.8 Å². The second kappa shape index (κ2) is 11.7. The van der Waals surface area contributed by atoms with E-state index < -0.39 is 40.6 Å². The van der Waals surface area contributed by atoms with Gasteiger partial charge in [-0.2, -0.15) is 0 Å². The molecular formula is C31H50N2O6. The van der Waals surface area contributed by atoms with Crippen LogP contribution in [0.15, 0.2) is 25.3 Å². The Morgan fingerprint density at radius 2 is 1.79 bits per heavy atom. The normalized spacial score (nSPS) is 29.9. The third-order valence-corrected chi connectivity index (χ3v) is 8.69. The lowest BCUT2D eigenvalue weighted by atomic mass is 9.66. The number of unbranched alkanes of at least 4 members (excludes halogenated alkanes) is 3. The van der Waals surface area contributed by atoms with Crippen LogP contribution in [0.25, 0.3) is 0 Å². The van der Waals surface area contributed by atoms with Gasteiger partial charge in [0.25, 0.3) is 0 Å². The van der Waals surface area contributed by atoms with Crippen LogP contribution in [-0.4, -0.2) is 81.8 Å². The van der Waals surface area contributed by atoms with Crippen molar-refractivity contribution in [2.24, 2.45) is 17.3 Å². The number of esters is 1. The summed E-state index contributed by atoms with van der Waals surface area (Å²) >= 11 is 0. The Kier molecular flexibility index (Phi) is 9.43. The Hall–Kier alpha value is -2.19. The summed E-state index contributed by atoms with van der Waals surface area (Å²) in [6.07, 6.45) is 8.19. The van der Waals surface area contributed by atoms with Crippen molar-refractivity contribution in [3.05, 3.63) is 25.3 Å². The zero-order valence-electron chi connectivity index (χ0n) is 25.0. The average molecular weight is 547 g/mol. The number of aliphatic hydroxyl groups is 1. The smallest absolute Gasteiger partial charge is 0.313 e. The summed E-state index contributed by atoms with van der Waals surface area (Å²) in [5.41, 5.74) is -2.48. The van der Waals surface area contributed by atoms with Crippen molar-refractivity contribution in [3.63, 3.8) is 0 Å². The third-order valence-electron chi connectivity index (χ3n) is 8.69. The molecule has 2 bridgehead atoms. The molecule has 0 saturated carbocycles. The maximum atomic E-state index is 14.7. The first kappa shape index (κ1) is 31.3. The van der Waals surface area contributed by atoms with Crippen LogP contribution in [0.4, 0.5) is 0 Å². The van der Waals surface area contributed by atoms with Crippen molar-refractivity contribution in [2.45, 2.75) is 109 Å². The number of carbonyl (C=O) groups is 3. The predicted molar refractivity (Wildman–Crippen MR) is 151 cm³/mol. The summed E-state index contributed by atoms with van der Waals surface area (Å²) < 4.78 is 12.2. The molecule has 0 aromatic rings. The van der Waals surface area contributed by atoms with Crippen molar-refractivity contribution in [2.75, 3.05) is 26.3 Å². The quantitative estimate of drug-likeness (QED) is 0.199. The number of ether oxygens (including phenoxy) is 2. The maximum Gasteiger partial charge on any atom is 0.313 e. The van der Waals surface area contributed by atoms with E-state index in [1.165, 1.54) is 6.08 Å². The Morgan fingerprint density at radius 3 is 2.38 bits per heavy atom. The molecule has 3 heterocycles. The Balaban J connectivity index is 2.04. The highest BCUT2D eigenvalue weighted by atomic mass is 16.6. The van der Waals surface area contributed by atoms with Crippen LogP contribution in [0.2, 0.25) is 0 Å². The molecular weight excluding hydrogens is 496 g/mol. The predicted octanol–water partition coefficient (Wildman–Crippen LogP) is 4.26. The third kappa shape index (κ3) is 5.97. The first-order valence-electron chi connectivity index (χ1n) is 14.5. The number of carbonyl (C=O) groups excluding carboxylic acids is 3. The number of amides is 2. The summed E-state index contributed by atoms with van der Waals surface area (Å²) in [6.45, 7) is 21.0. The highest BCUT2D eigenvalue weighted by Crippen LogP contribution is 2.63. The highest BCUT2D eigenvalue weighted by molar-refractivity contribution is 5.98. The lowest BCUT2D eigenvalue weighted by Gasteiger charge is -2.45. The van der Waals surface area contributed by atoms with E-state index in [2.05, 4.69) is 47.8 Å². The van der Waals surface area contributed by atoms with Gasteiger partial charge in [0, 0.05) is 25.2 Å². The van der Waals surface area contributed by atoms with Gasteiger partial charge in [-0.15, -0.1) is 6.58 Å². The van der Waals surface area contributed by atoms with E-state index in [0.29, 0.717) is 38.8 Å². The van der Waals surface area contributed by atoms with E-state index in [9.17, 15) is 14.4 Å². The van der Waals surface area contributed by atoms with E-state index in [-0.39, 0.29) is 30.4 Å². The zero-order chi connectivity index (χ0) is 29.2. The summed E-state index contributed by atoms with van der Waals surface area (Å²) in [5, 5.41) is 9.16. The molecule has 220 valence electrons. The van der Waals surface area contributed by atoms with Gasteiger partial charge < -0.3 is 24.4 Å². The van der Waals surface area contributed by atoms with Gasteiger partial charge in [0.15, 0.2) is 0 Å². The lowest BCUT2D eigenvalue weighted by molar-refractivity contribution is -0.160. The van der Waals surface area contributed by atoms with Crippen LogP contribution in [0.5, 0.6) is 0 Å². The summed E-state index contributed by atoms with van der Waals surface area (Å²) in [5.74, 6) is -2.36. The first-order chi connectivity index (χ1) is 18.2. The molecule has 5 atom stereocenters. The molecule has 0 radical (unpaired) electrons. The molecule has 1 N–H and O–H groups in total. The largest absolute Gasteiger partial charge is 0.461 e. The molecule has 2 amide bonds. The molecule has 0 aromatic carbocycles. The van der Waals surface area contributed by atoms with Gasteiger partial charge >= 0.3 is 5.97 Å². The molecule has 0 aliphatic carbocycles. The molecule has 8 nitrogen and oxygen atoms in total. The van der Waals surface area contributed by atoms with E-state index >= 15 is 0 Å². The van der Waals surface area contributed by atoms with Crippen molar-refractivity contribution in [3.8, 4) is 0 Å². The van der Waals surface area contributed by atoms with Crippen molar-refractivity contribution in [1.82, 2.24) is 9.80 Å². The molecule has 3 fully saturated rings. The summed E-state index contributed by atoms with van der Waals surface area (Å²) in [6, 6.07) is -0.828. The summed E-state index contributed by atoms with van der Waals surface area (Å²) in [7, 11) is 0. The molecule has 39 heavy (non-hydrogen) atoms. The number of hydrogen-bond donors (Lipinski definition) is 1. The molecule has 3 aliphatic rings. The number of aliphatic hydroxyl groups excluding tert-OH is 1. The van der Waals surface area contributed by atoms with Crippen molar-refractivity contribution >= 4 is 17.8 Å². The summed E-state index contributed by atoms with van der Waals surface area (Å²) in [4.78, 5) is 45.7. The standard InChI is InChI=1S/C31H50N2O6/c1-9-17-33(29(6,7)21-28(3,4)5)26(36)24-31-16-15-30(8,39-31)23(27(37)38-20-10-2)22(31)25(35)32(24)18-13-11-12-14-19-34/h9-10,22-24,34H,1-2,11-21H2,3-8H3/t22-,23+,24?,30-,31?/m0/s1. The number of likely N-dealkylation sites (tertiary alicyclic amines) is 1. The van der Waals surface area contributed by atoms with Crippen LogP contribution >= 0.6 is 0 Å². The van der Waals surface area contributed by atoms with Crippen LogP contribution in [0.1, 0.15) is 86.5 Å². The second-order valence-electron chi connectivity index (χ2n) is 13.6. The molecule has 1 spiro atoms. The van der Waals surface area contributed by atoms with Gasteiger partial charge in [0.1, 0.15) is 24.2 Å². The Morgan fingerprint density at radius 1 is 1.13 bits per heavy atom. The Labute approximate surface area is 234 Å². The fourth-order valence-electron chi connectivity index (χ4n) is 7.59. The van der Waals surface area contributed by atoms with Gasteiger partial charge in [0.05, 0.1) is 11.5 Å². The highest BCUT2D eigenvalue weighted by Gasteiger charge is 2.78. The minimum Gasteiger partial charge on any atom is -0.461 e. The van der Waals surface area contributed by atoms with Crippen LogP contribution in [0, 0.1) is 17.3 Å². The second-order valence-corrected chi connectivity index (χ2v) is 13.6. The fraction of sp³-hybridized carbons (Fsp3) is 0.774. The molecule has 3 aliphatic heterocycles. The number of hydrogen-bond acceptors (Lipinski definition) is 6. The zero-order valence-corrected chi connectivity index (χ0v) is 25.0. The molecule has 0 aromatic heterocycles. The van der Waals surface area contributed by atoms with Crippen molar-refractivity contribution in [1.29, 1.82) is 0 Å². The van der Waals surface area contributed by atoms with Gasteiger partial charge in [-0.25, -0.2) is 0 Å². The molecule has 3 rings (SSSR count). The van der Waals surface area contributed by atoms with Crippen LogP contribution in [-0.2, 0) is 23.9 Å². The van der Waals surface area contributed by atoms with Gasteiger partial charge in [-0.05, 0) is 58.3 Å². The van der Waals surface area contributed by atoms with Gasteiger partial charge in [-0.3, -0.25) is 14.4 Å². The van der Waals surface area contributed by atoms with Gasteiger partial charge in [-0.1, -0.05) is 52.3 Å². The van der Waals surface area contributed by atoms with Gasteiger partial charge in [0.2, 0.25) is 11.8 Å². The van der Waals surface area contributed by atoms with E-state index in [0.717, 1.165) is 19.3 Å². The topological polar surface area (TPSA) is 96.4 Å². The number of rotatable bonds is 14. The Bertz CT molecular complexity index is 955. The first-order valence-corrected chi connectivity index (χ1v) is 14.5. The monoisotopic (exact) mass is 546 g/mol. The number of nitrogens with zero attached hydrogens (tertiary/aromatic N) is 2. The number of fused-ring (bicyclic) bond motifs is 1. The molecule has 2 unspecified atom stereocenters. The van der Waals surface area contributed by atoms with Crippen LogP contribution < -0.4 is 0 Å². The minimum absolute atomic E-state index is 0.0301. The molecule has 3 saturated heterocycles. The average Bonchev–Trinajstić information content (AvgIpc) is 3.39. The van der Waals surface area contributed by atoms with E-state index in [4.69, 9.17) is 14.6 Å². The lowest BCUT2D eigenvalue weighted by Crippen LogP contribution is -2.61. The SMILES string of the molecule is C=CCOC(=O)[C@H]1[C@H]2C(=O)N(CCCCCCO)C(C(=O)N(CC=C)C(C)(C)CC(C)(C)C)C23CC[C@]1(C)O3. The fourth-order valence-corrected chi connectivity index (χ4v) is 7.59. The minimum atomic E-state index is -1.08. The van der Waals surface area contributed by atoms with Crippen LogP contribution in [0.3, 0.4) is 0 Å². The molecule has 8 heteroatoms. The maximum absolute atomic E-state index is 14.7. The van der Waals surface area contributed by atoms with Crippen molar-refractivity contribution < 1.29 is 29.0 Å².